The predicted molar refractivity (Wildman–Crippen MR) is 61.6 cm³/mol. The van der Waals surface area contributed by atoms with E-state index >= 15 is 0 Å². The summed E-state index contributed by atoms with van der Waals surface area (Å²) in [5.41, 5.74) is 0.799. The van der Waals surface area contributed by atoms with Crippen molar-refractivity contribution in [2.24, 2.45) is 0 Å². The molecule has 0 bridgehead atoms. The van der Waals surface area contributed by atoms with Crippen molar-refractivity contribution >= 4 is 39.3 Å². The van der Waals surface area contributed by atoms with Gasteiger partial charge in [0.25, 0.3) is 0 Å². The van der Waals surface area contributed by atoms with Gasteiger partial charge >= 0.3 is 5.00 Å². The number of aromatic nitrogens is 1. The second-order valence-corrected chi connectivity index (χ2v) is 4.86. The van der Waals surface area contributed by atoms with Gasteiger partial charge in [-0.2, -0.15) is 0 Å². The summed E-state index contributed by atoms with van der Waals surface area (Å²) in [6, 6.07) is 3.20. The Hall–Kier alpha value is -0.980. The third-order valence-corrected chi connectivity index (χ3v) is 4.04. The smallest absolute Gasteiger partial charge is 0.258 e. The summed E-state index contributed by atoms with van der Waals surface area (Å²) < 4.78 is 0. The molecule has 0 atom stereocenters. The lowest BCUT2D eigenvalue weighted by Gasteiger charge is -1.86. The lowest BCUT2D eigenvalue weighted by atomic mass is 10.5. The lowest BCUT2D eigenvalue weighted by molar-refractivity contribution is -0.380. The van der Waals surface area contributed by atoms with Gasteiger partial charge in [0, 0.05) is 11.4 Å². The summed E-state index contributed by atoms with van der Waals surface area (Å²) in [5.74, 6) is 0.365. The van der Waals surface area contributed by atoms with Crippen LogP contribution in [0.2, 0.25) is 0 Å². The minimum atomic E-state index is -0.399. The standard InChI is InChI=1S/C8H5ClN2O2S2/c9-3-5-4-14-8(10-5)6-1-2-7(15-6)11(12)13/h1-2,4H,3H2. The van der Waals surface area contributed by atoms with Crippen molar-refractivity contribution in [2.45, 2.75) is 5.88 Å². The maximum atomic E-state index is 10.5. The molecule has 0 amide bonds. The highest BCUT2D eigenvalue weighted by Gasteiger charge is 2.13. The van der Waals surface area contributed by atoms with Crippen LogP contribution in [-0.2, 0) is 5.88 Å². The molecule has 0 aliphatic heterocycles. The zero-order valence-electron chi connectivity index (χ0n) is 7.34. The van der Waals surface area contributed by atoms with Gasteiger partial charge in [-0.25, -0.2) is 4.98 Å². The van der Waals surface area contributed by atoms with Crippen LogP contribution in [0.5, 0.6) is 0 Å². The van der Waals surface area contributed by atoms with Crippen LogP contribution in [0.1, 0.15) is 5.69 Å². The number of nitro groups is 1. The number of nitrogens with zero attached hydrogens (tertiary/aromatic N) is 2. The van der Waals surface area contributed by atoms with E-state index in [1.807, 2.05) is 5.38 Å². The van der Waals surface area contributed by atoms with Gasteiger partial charge in [-0.05, 0) is 6.07 Å². The minimum absolute atomic E-state index is 0.132. The van der Waals surface area contributed by atoms with Crippen molar-refractivity contribution in [3.63, 3.8) is 0 Å². The van der Waals surface area contributed by atoms with Crippen LogP contribution in [0, 0.1) is 10.1 Å². The number of hydrogen-bond acceptors (Lipinski definition) is 5. The van der Waals surface area contributed by atoms with Crippen LogP contribution in [0.25, 0.3) is 9.88 Å². The first-order valence-electron chi connectivity index (χ1n) is 3.95. The Bertz CT molecular complexity index is 494. The van der Waals surface area contributed by atoms with Crippen LogP contribution < -0.4 is 0 Å². The number of thiazole rings is 1. The van der Waals surface area contributed by atoms with Crippen molar-refractivity contribution in [1.82, 2.24) is 4.98 Å². The summed E-state index contributed by atoms with van der Waals surface area (Å²) in [4.78, 5) is 15.1. The second kappa shape index (κ2) is 4.26. The lowest BCUT2D eigenvalue weighted by Crippen LogP contribution is -1.80. The number of rotatable bonds is 3. The molecule has 0 aliphatic carbocycles. The van der Waals surface area contributed by atoms with Crippen LogP contribution >= 0.6 is 34.3 Å². The molecule has 15 heavy (non-hydrogen) atoms. The number of alkyl halides is 1. The van der Waals surface area contributed by atoms with Crippen LogP contribution in [0.15, 0.2) is 17.5 Å². The minimum Gasteiger partial charge on any atom is -0.258 e. The molecular formula is C8H5ClN2O2S2. The molecule has 0 fully saturated rings. The monoisotopic (exact) mass is 260 g/mol. The summed E-state index contributed by atoms with van der Waals surface area (Å²) in [6.07, 6.45) is 0. The Morgan fingerprint density at radius 3 is 2.87 bits per heavy atom. The fourth-order valence-corrected chi connectivity index (χ4v) is 2.96. The summed E-state index contributed by atoms with van der Waals surface area (Å²) >= 11 is 8.19. The molecule has 0 saturated heterocycles. The number of thiophene rings is 1. The Morgan fingerprint density at radius 2 is 2.33 bits per heavy atom. The SMILES string of the molecule is O=[N+]([O-])c1ccc(-c2nc(CCl)cs2)s1. The molecule has 0 spiro atoms. The highest BCUT2D eigenvalue weighted by atomic mass is 35.5. The highest BCUT2D eigenvalue weighted by molar-refractivity contribution is 7.22. The van der Waals surface area contributed by atoms with Gasteiger partial charge in [0.15, 0.2) is 0 Å². The van der Waals surface area contributed by atoms with Gasteiger partial charge in [0.1, 0.15) is 5.01 Å². The molecule has 2 heterocycles. The molecule has 0 aliphatic rings. The van der Waals surface area contributed by atoms with Crippen LogP contribution in [0.4, 0.5) is 5.00 Å². The Morgan fingerprint density at radius 1 is 1.53 bits per heavy atom. The van der Waals surface area contributed by atoms with Crippen molar-refractivity contribution in [3.05, 3.63) is 33.3 Å². The third kappa shape index (κ3) is 2.17. The maximum Gasteiger partial charge on any atom is 0.324 e. The van der Waals surface area contributed by atoms with E-state index in [2.05, 4.69) is 4.98 Å². The summed E-state index contributed by atoms with van der Waals surface area (Å²) in [7, 11) is 0. The number of hydrogen-bond donors (Lipinski definition) is 0. The molecule has 7 heteroatoms. The molecule has 2 aromatic heterocycles. The highest BCUT2D eigenvalue weighted by Crippen LogP contribution is 2.34. The zero-order valence-corrected chi connectivity index (χ0v) is 9.73. The van der Waals surface area contributed by atoms with Crippen molar-refractivity contribution < 1.29 is 4.92 Å². The van der Waals surface area contributed by atoms with E-state index in [0.29, 0.717) is 5.88 Å². The number of halogens is 1. The van der Waals surface area contributed by atoms with Gasteiger partial charge in [0.05, 0.1) is 21.4 Å². The molecule has 0 unspecified atom stereocenters. The van der Waals surface area contributed by atoms with Crippen LogP contribution in [0.3, 0.4) is 0 Å². The first-order chi connectivity index (χ1) is 7.20. The van der Waals surface area contributed by atoms with E-state index in [9.17, 15) is 10.1 Å². The van der Waals surface area contributed by atoms with Gasteiger partial charge in [-0.1, -0.05) is 11.3 Å². The Balaban J connectivity index is 2.32. The van der Waals surface area contributed by atoms with Gasteiger partial charge in [-0.3, -0.25) is 10.1 Å². The normalized spacial score (nSPS) is 10.5. The summed E-state index contributed by atoms with van der Waals surface area (Å²) in [5, 5.41) is 13.3. The summed E-state index contributed by atoms with van der Waals surface area (Å²) in [6.45, 7) is 0. The van der Waals surface area contributed by atoms with E-state index < -0.39 is 4.92 Å². The average Bonchev–Trinajstić information content (AvgIpc) is 2.86. The van der Waals surface area contributed by atoms with E-state index in [1.165, 1.54) is 17.4 Å². The molecule has 0 saturated carbocycles. The first-order valence-corrected chi connectivity index (χ1v) is 6.18. The fourth-order valence-electron chi connectivity index (χ4n) is 1.02. The van der Waals surface area contributed by atoms with E-state index in [0.717, 1.165) is 26.9 Å². The quantitative estimate of drug-likeness (QED) is 0.482. The second-order valence-electron chi connectivity index (χ2n) is 2.67. The van der Waals surface area contributed by atoms with Crippen molar-refractivity contribution in [2.75, 3.05) is 0 Å². The Labute approximate surface area is 98.3 Å². The van der Waals surface area contributed by atoms with E-state index in [1.54, 1.807) is 6.07 Å². The molecule has 2 rings (SSSR count). The van der Waals surface area contributed by atoms with Crippen molar-refractivity contribution in [3.8, 4) is 9.88 Å². The fraction of sp³-hybridized carbons (Fsp3) is 0.125. The van der Waals surface area contributed by atoms with Gasteiger partial charge in [-0.15, -0.1) is 22.9 Å². The van der Waals surface area contributed by atoms with Crippen molar-refractivity contribution in [1.29, 1.82) is 0 Å². The molecule has 0 aromatic carbocycles. The molecule has 0 radical (unpaired) electrons. The zero-order chi connectivity index (χ0) is 10.8. The topological polar surface area (TPSA) is 56.0 Å². The average molecular weight is 261 g/mol. The van der Waals surface area contributed by atoms with E-state index in [-0.39, 0.29) is 5.00 Å². The molecular weight excluding hydrogens is 256 g/mol. The molecule has 2 aromatic rings. The maximum absolute atomic E-state index is 10.5. The molecule has 0 N–H and O–H groups in total. The first kappa shape index (κ1) is 10.5. The Kier molecular flexibility index (Phi) is 2.99. The largest absolute Gasteiger partial charge is 0.324 e. The van der Waals surface area contributed by atoms with E-state index in [4.69, 9.17) is 11.6 Å². The molecule has 4 nitrogen and oxygen atoms in total. The van der Waals surface area contributed by atoms with Gasteiger partial charge in [0.2, 0.25) is 0 Å². The third-order valence-electron chi connectivity index (χ3n) is 1.67. The van der Waals surface area contributed by atoms with Crippen LogP contribution in [-0.4, -0.2) is 9.91 Å². The predicted octanol–water partition coefficient (Wildman–Crippen LogP) is 3.52. The van der Waals surface area contributed by atoms with Gasteiger partial charge < -0.3 is 0 Å². The molecule has 78 valence electrons.